The van der Waals surface area contributed by atoms with Crippen molar-refractivity contribution in [2.75, 3.05) is 20.6 Å². The number of rotatable bonds is 14. The maximum absolute atomic E-state index is 14.5. The Morgan fingerprint density at radius 3 is 2.06 bits per heavy atom. The van der Waals surface area contributed by atoms with Gasteiger partial charge in [-0.15, -0.1) is 0 Å². The number of fused-ring (bicyclic) bond motifs is 1. The summed E-state index contributed by atoms with van der Waals surface area (Å²) >= 11 is 0. The van der Waals surface area contributed by atoms with Crippen LogP contribution >= 0.6 is 0 Å². The van der Waals surface area contributed by atoms with Crippen molar-refractivity contribution < 1.29 is 23.2 Å². The number of carbonyl (C=O) groups excluding carboxylic acids is 3. The zero-order valence-electron chi connectivity index (χ0n) is 28.9. The molecule has 4 rings (SSSR count). The van der Waals surface area contributed by atoms with Gasteiger partial charge in [0.25, 0.3) is 0 Å². The largest absolute Gasteiger partial charge is 0.354 e. The lowest BCUT2D eigenvalue weighted by Gasteiger charge is -2.34. The van der Waals surface area contributed by atoms with Crippen LogP contribution in [-0.2, 0) is 33.6 Å². The molecule has 3 amide bonds. The van der Waals surface area contributed by atoms with Crippen LogP contribution in [0.1, 0.15) is 43.9 Å². The third kappa shape index (κ3) is 10.5. The number of nitrogens with zero attached hydrogens (tertiary/aromatic N) is 2. The Hall–Kier alpha value is -4.89. The zero-order chi connectivity index (χ0) is 35.7. The van der Waals surface area contributed by atoms with Crippen LogP contribution in [0.15, 0.2) is 103 Å². The van der Waals surface area contributed by atoms with Crippen molar-refractivity contribution in [3.05, 3.63) is 131 Å². The van der Waals surface area contributed by atoms with Crippen molar-refractivity contribution in [1.29, 1.82) is 0 Å². The summed E-state index contributed by atoms with van der Waals surface area (Å²) in [5.41, 5.74) is 8.63. The van der Waals surface area contributed by atoms with Gasteiger partial charge in [-0.05, 0) is 73.2 Å². The van der Waals surface area contributed by atoms with Crippen LogP contribution in [0, 0.1) is 11.6 Å². The summed E-state index contributed by atoms with van der Waals surface area (Å²) < 4.78 is 28.0. The third-order valence-corrected chi connectivity index (χ3v) is 8.53. The van der Waals surface area contributed by atoms with E-state index in [1.54, 1.807) is 7.05 Å². The zero-order valence-corrected chi connectivity index (χ0v) is 28.9. The van der Waals surface area contributed by atoms with Crippen molar-refractivity contribution >= 4 is 28.5 Å². The lowest BCUT2D eigenvalue weighted by molar-refractivity contribution is -0.146. The Balaban J connectivity index is 1.66. The van der Waals surface area contributed by atoms with Crippen LogP contribution in [0.25, 0.3) is 10.8 Å². The number of benzene rings is 4. The maximum Gasteiger partial charge on any atom is 0.246 e. The molecule has 258 valence electrons. The number of halogens is 2. The SMILES string of the molecule is C/C(=C\C(=O)N(C)[C@H](Cc1ccc2ccccc2c1)C(=O)N(C)[C@H](Cc1ccc(F)c(F)c1)C(=O)NCCc1ccccc1)CC(C)(C)N. The number of nitrogens with one attached hydrogen (secondary N) is 1. The first-order chi connectivity index (χ1) is 23.2. The van der Waals surface area contributed by atoms with Gasteiger partial charge in [-0.3, -0.25) is 14.4 Å². The van der Waals surface area contributed by atoms with Crippen LogP contribution in [0.3, 0.4) is 0 Å². The summed E-state index contributed by atoms with van der Waals surface area (Å²) in [7, 11) is 3.08. The molecular weight excluding hydrogens is 622 g/mol. The van der Waals surface area contributed by atoms with Crippen LogP contribution in [0.4, 0.5) is 8.78 Å². The third-order valence-electron chi connectivity index (χ3n) is 8.53. The predicted molar refractivity (Wildman–Crippen MR) is 191 cm³/mol. The average molecular weight is 669 g/mol. The van der Waals surface area contributed by atoms with E-state index in [0.29, 0.717) is 24.9 Å². The first-order valence-corrected chi connectivity index (χ1v) is 16.4. The number of carbonyl (C=O) groups is 3. The topological polar surface area (TPSA) is 95.7 Å². The summed E-state index contributed by atoms with van der Waals surface area (Å²) in [5, 5.41) is 4.95. The molecule has 0 saturated carbocycles. The fourth-order valence-corrected chi connectivity index (χ4v) is 5.99. The molecule has 0 fully saturated rings. The lowest BCUT2D eigenvalue weighted by Crippen LogP contribution is -2.56. The fourth-order valence-electron chi connectivity index (χ4n) is 5.99. The fraction of sp³-hybridized carbons (Fsp3) is 0.325. The molecule has 49 heavy (non-hydrogen) atoms. The minimum Gasteiger partial charge on any atom is -0.354 e. The standard InChI is InChI=1S/C40H46F2N4O3/c1-27(26-40(2,3)43)21-37(47)45(4)36(25-29-15-17-31-13-9-10-14-32(31)22-29)39(49)46(5)35(24-30-16-18-33(41)34(42)23-30)38(48)44-20-19-28-11-7-6-8-12-28/h6-18,21-23,35-36H,19-20,24-26,43H2,1-5H3,(H,44,48)/b27-21+/t35-,36-/m1/s1. The Morgan fingerprint density at radius 2 is 1.39 bits per heavy atom. The van der Waals surface area contributed by atoms with Gasteiger partial charge in [-0.1, -0.05) is 84.4 Å². The molecule has 4 aromatic carbocycles. The Labute approximate surface area is 287 Å². The quantitative estimate of drug-likeness (QED) is 0.162. The van der Waals surface area contributed by atoms with Gasteiger partial charge in [-0.25, -0.2) is 8.78 Å². The number of likely N-dealkylation sites (N-methyl/N-ethyl adjacent to an activating group) is 2. The lowest BCUT2D eigenvalue weighted by atomic mass is 9.96. The van der Waals surface area contributed by atoms with Gasteiger partial charge in [0, 0.05) is 45.1 Å². The Bertz CT molecular complexity index is 1800. The molecule has 4 aromatic rings. The van der Waals surface area contributed by atoms with Gasteiger partial charge >= 0.3 is 0 Å². The number of hydrogen-bond donors (Lipinski definition) is 2. The smallest absolute Gasteiger partial charge is 0.246 e. The molecule has 0 bridgehead atoms. The highest BCUT2D eigenvalue weighted by Gasteiger charge is 2.35. The summed E-state index contributed by atoms with van der Waals surface area (Å²) in [4.78, 5) is 44.6. The van der Waals surface area contributed by atoms with E-state index in [1.807, 2.05) is 93.6 Å². The van der Waals surface area contributed by atoms with Crippen LogP contribution in [-0.4, -0.2) is 65.8 Å². The molecule has 0 saturated heterocycles. The highest BCUT2D eigenvalue weighted by Crippen LogP contribution is 2.21. The molecule has 0 spiro atoms. The van der Waals surface area contributed by atoms with Gasteiger partial charge < -0.3 is 20.9 Å². The van der Waals surface area contributed by atoms with E-state index >= 15 is 0 Å². The van der Waals surface area contributed by atoms with Crippen molar-refractivity contribution in [3.8, 4) is 0 Å². The van der Waals surface area contributed by atoms with Gasteiger partial charge in [0.2, 0.25) is 17.7 Å². The Morgan fingerprint density at radius 1 is 0.776 bits per heavy atom. The molecule has 3 N–H and O–H groups in total. The number of nitrogens with two attached hydrogens (primary N) is 1. The Kier molecular flexibility index (Phi) is 12.4. The van der Waals surface area contributed by atoms with Gasteiger partial charge in [0.05, 0.1) is 0 Å². The maximum atomic E-state index is 14.5. The van der Waals surface area contributed by atoms with Gasteiger partial charge in [-0.2, -0.15) is 0 Å². The van der Waals surface area contributed by atoms with Crippen molar-refractivity contribution in [2.45, 2.75) is 64.1 Å². The van der Waals surface area contributed by atoms with E-state index in [1.165, 1.54) is 29.0 Å². The second-order valence-electron chi connectivity index (χ2n) is 13.5. The van der Waals surface area contributed by atoms with E-state index < -0.39 is 41.1 Å². The van der Waals surface area contributed by atoms with E-state index in [2.05, 4.69) is 5.32 Å². The monoisotopic (exact) mass is 668 g/mol. The summed E-state index contributed by atoms with van der Waals surface area (Å²) in [6, 6.07) is 24.8. The molecule has 9 heteroatoms. The second kappa shape index (κ2) is 16.5. The van der Waals surface area contributed by atoms with E-state index in [4.69, 9.17) is 5.73 Å². The molecular formula is C40H46F2N4O3. The average Bonchev–Trinajstić information content (AvgIpc) is 3.06. The van der Waals surface area contributed by atoms with E-state index in [9.17, 15) is 23.2 Å². The second-order valence-corrected chi connectivity index (χ2v) is 13.5. The molecule has 0 aliphatic carbocycles. The molecule has 0 radical (unpaired) electrons. The van der Waals surface area contributed by atoms with Crippen LogP contribution in [0.5, 0.6) is 0 Å². The van der Waals surface area contributed by atoms with Crippen molar-refractivity contribution in [3.63, 3.8) is 0 Å². The molecule has 0 aliphatic rings. The first kappa shape index (κ1) is 36.9. The number of amides is 3. The van der Waals surface area contributed by atoms with Crippen LogP contribution in [0.2, 0.25) is 0 Å². The van der Waals surface area contributed by atoms with Crippen molar-refractivity contribution in [1.82, 2.24) is 15.1 Å². The first-order valence-electron chi connectivity index (χ1n) is 16.4. The molecule has 0 heterocycles. The minimum atomic E-state index is -1.08. The minimum absolute atomic E-state index is 0.0679. The summed E-state index contributed by atoms with van der Waals surface area (Å²) in [6.07, 6.45) is 2.65. The van der Waals surface area contributed by atoms with Crippen molar-refractivity contribution in [2.24, 2.45) is 5.73 Å². The summed E-state index contributed by atoms with van der Waals surface area (Å²) in [5.74, 6) is -3.35. The molecule has 2 atom stereocenters. The number of hydrogen-bond acceptors (Lipinski definition) is 4. The summed E-state index contributed by atoms with van der Waals surface area (Å²) in [6.45, 7) is 5.87. The van der Waals surface area contributed by atoms with E-state index in [0.717, 1.165) is 39.6 Å². The van der Waals surface area contributed by atoms with E-state index in [-0.39, 0.29) is 18.7 Å². The van der Waals surface area contributed by atoms with Crippen LogP contribution < -0.4 is 11.1 Å². The highest BCUT2D eigenvalue weighted by atomic mass is 19.2. The molecule has 7 nitrogen and oxygen atoms in total. The molecule has 0 aliphatic heterocycles. The highest BCUT2D eigenvalue weighted by molar-refractivity contribution is 5.95. The van der Waals surface area contributed by atoms with Gasteiger partial charge in [0.1, 0.15) is 12.1 Å². The molecule has 0 unspecified atom stereocenters. The normalized spacial score (nSPS) is 13.1. The predicted octanol–water partition coefficient (Wildman–Crippen LogP) is 5.99. The molecule has 0 aromatic heterocycles. The van der Waals surface area contributed by atoms with Gasteiger partial charge in [0.15, 0.2) is 11.6 Å².